The number of hydrogen-bond acceptors (Lipinski definition) is 1. The maximum atomic E-state index is 9.75. The molecule has 0 atom stereocenters. The van der Waals surface area contributed by atoms with Crippen molar-refractivity contribution in [2.24, 2.45) is 5.73 Å². The van der Waals surface area contributed by atoms with Crippen LogP contribution in [0.3, 0.4) is 0 Å². The largest absolute Gasteiger partial charge is 0.673 e. The van der Waals surface area contributed by atoms with Crippen LogP contribution in [-0.4, -0.2) is 12.4 Å². The Hall–Kier alpha value is -0.365. The number of hydrogen-bond donors (Lipinski definition) is 2. The summed E-state index contributed by atoms with van der Waals surface area (Å²) in [5, 5.41) is 0.250. The Morgan fingerprint density at radius 2 is 1.33 bits per heavy atom. The van der Waals surface area contributed by atoms with Gasteiger partial charge in [-0.25, -0.2) is 0 Å². The lowest BCUT2D eigenvalue weighted by molar-refractivity contribution is -0.210. The molecule has 0 radical (unpaired) electrons. The van der Waals surface area contributed by atoms with Crippen LogP contribution in [0.2, 0.25) is 0 Å². The molecule has 0 aromatic rings. The van der Waals surface area contributed by atoms with Crippen molar-refractivity contribution in [3.63, 3.8) is 0 Å². The molecule has 0 aromatic carbocycles. The van der Waals surface area contributed by atoms with Crippen LogP contribution in [0.4, 0.5) is 17.3 Å². The molecule has 0 amide bonds. The summed E-state index contributed by atoms with van der Waals surface area (Å²) in [6, 6.07) is 0. The summed E-state index contributed by atoms with van der Waals surface area (Å²) in [5.74, 6) is 0. The van der Waals surface area contributed by atoms with Crippen molar-refractivity contribution in [1.29, 1.82) is 0 Å². The Bertz CT molecular complexity index is 81.1. The molecule has 9 heavy (non-hydrogen) atoms. The summed E-state index contributed by atoms with van der Waals surface area (Å²) >= 11 is 4.20. The lowest BCUT2D eigenvalue weighted by atomic mass is 10.3. The zero-order valence-electron chi connectivity index (χ0n) is 4.28. The Morgan fingerprint density at radius 1 is 1.33 bits per heavy atom. The molecule has 0 heterocycles. The molecular formula is CH5BF4N2S. The normalized spacial score (nSPS) is 9.44. The maximum absolute atomic E-state index is 9.75. The van der Waals surface area contributed by atoms with Gasteiger partial charge in [0.1, 0.15) is 0 Å². The van der Waals surface area contributed by atoms with Crippen LogP contribution in [0, 0.1) is 0 Å². The zero-order chi connectivity index (χ0) is 8.08. The van der Waals surface area contributed by atoms with Crippen molar-refractivity contribution < 1.29 is 23.0 Å². The fourth-order valence-electron chi connectivity index (χ4n) is 0. The first kappa shape index (κ1) is 11.4. The van der Waals surface area contributed by atoms with Gasteiger partial charge in [0.15, 0.2) is 0 Å². The van der Waals surface area contributed by atoms with Crippen molar-refractivity contribution >= 4 is 24.6 Å². The Morgan fingerprint density at radius 3 is 1.33 bits per heavy atom. The summed E-state index contributed by atoms with van der Waals surface area (Å²) in [7, 11) is -6.00. The highest BCUT2D eigenvalue weighted by atomic mass is 32.1. The van der Waals surface area contributed by atoms with Gasteiger partial charge in [-0.3, -0.25) is 0 Å². The lowest BCUT2D eigenvalue weighted by Crippen LogP contribution is -2.60. The lowest BCUT2D eigenvalue weighted by Gasteiger charge is -1.94. The zero-order valence-corrected chi connectivity index (χ0v) is 5.10. The van der Waals surface area contributed by atoms with E-state index in [-0.39, 0.29) is 5.11 Å². The van der Waals surface area contributed by atoms with E-state index in [1.165, 1.54) is 0 Å². The van der Waals surface area contributed by atoms with Crippen molar-refractivity contribution in [2.75, 3.05) is 0 Å². The smallest absolute Gasteiger partial charge is 0.418 e. The summed E-state index contributed by atoms with van der Waals surface area (Å²) in [6.07, 6.45) is 0. The van der Waals surface area contributed by atoms with Crippen LogP contribution in [0.15, 0.2) is 0 Å². The predicted molar refractivity (Wildman–Crippen MR) is 29.9 cm³/mol. The summed E-state index contributed by atoms with van der Waals surface area (Å²) < 4.78 is 39.0. The highest BCUT2D eigenvalue weighted by Crippen LogP contribution is 2.06. The van der Waals surface area contributed by atoms with Crippen LogP contribution >= 0.6 is 12.2 Å². The number of halogens is 4. The molecule has 0 aliphatic rings. The first-order chi connectivity index (χ1) is 3.73. The predicted octanol–water partition coefficient (Wildman–Crippen LogP) is -0.228. The minimum atomic E-state index is -6.00. The third-order valence-electron chi connectivity index (χ3n) is 0. The minimum Gasteiger partial charge on any atom is -0.418 e. The average Bonchev–Trinajstić information content (AvgIpc) is 1.19. The van der Waals surface area contributed by atoms with Crippen molar-refractivity contribution in [3.05, 3.63) is 0 Å². The van der Waals surface area contributed by atoms with E-state index in [2.05, 4.69) is 18.0 Å². The third kappa shape index (κ3) is 1820. The van der Waals surface area contributed by atoms with Gasteiger partial charge in [0.25, 0.3) is 5.11 Å². The van der Waals surface area contributed by atoms with Gasteiger partial charge in [-0.15, -0.1) is 0 Å². The Kier molecular flexibility index (Phi) is 5.73. The highest BCUT2D eigenvalue weighted by molar-refractivity contribution is 7.79. The maximum Gasteiger partial charge on any atom is 0.673 e. The molecule has 0 aromatic heterocycles. The second-order valence-corrected chi connectivity index (χ2v) is 1.49. The van der Waals surface area contributed by atoms with E-state index in [4.69, 9.17) is 5.73 Å². The van der Waals surface area contributed by atoms with E-state index in [0.29, 0.717) is 0 Å². The molecule has 0 rings (SSSR count). The number of quaternary nitrogens is 1. The fourth-order valence-corrected chi connectivity index (χ4v) is 0. The molecule has 0 bridgehead atoms. The SMILES string of the molecule is F[B-](F)(F)F.NC([NH3+])=S. The fraction of sp³-hybridized carbons (Fsp3) is 0. The standard InChI is InChI=1S/CH4N2S.BF4/c2-1(3)4;2-1(3,4)5/h(H4,2,3,4);/q;-1/p+1. The van der Waals surface area contributed by atoms with Crippen molar-refractivity contribution in [3.8, 4) is 0 Å². The van der Waals surface area contributed by atoms with Gasteiger partial charge in [-0.2, -0.15) is 0 Å². The molecule has 0 spiro atoms. The van der Waals surface area contributed by atoms with Crippen LogP contribution in [-0.2, 0) is 0 Å². The van der Waals surface area contributed by atoms with Gasteiger partial charge in [-0.05, 0) is 0 Å². The first-order valence-corrected chi connectivity index (χ1v) is 2.13. The van der Waals surface area contributed by atoms with E-state index >= 15 is 0 Å². The van der Waals surface area contributed by atoms with Crippen molar-refractivity contribution in [2.45, 2.75) is 0 Å². The molecule has 56 valence electrons. The van der Waals surface area contributed by atoms with Gasteiger partial charge in [0, 0.05) is 12.2 Å². The van der Waals surface area contributed by atoms with E-state index in [0.717, 1.165) is 0 Å². The minimum absolute atomic E-state index is 0.250. The topological polar surface area (TPSA) is 53.7 Å². The number of thiocarbonyl (C=S) groups is 1. The van der Waals surface area contributed by atoms with E-state index in [9.17, 15) is 17.3 Å². The average molecular weight is 164 g/mol. The summed E-state index contributed by atoms with van der Waals surface area (Å²) in [5.41, 5.74) is 7.88. The molecule has 2 nitrogen and oxygen atoms in total. The number of rotatable bonds is 0. The summed E-state index contributed by atoms with van der Waals surface area (Å²) in [4.78, 5) is 0. The Balaban J connectivity index is 0. The van der Waals surface area contributed by atoms with Crippen LogP contribution in [0.1, 0.15) is 0 Å². The van der Waals surface area contributed by atoms with Crippen LogP contribution in [0.25, 0.3) is 0 Å². The van der Waals surface area contributed by atoms with Gasteiger partial charge < -0.3 is 28.7 Å². The molecular weight excluding hydrogens is 159 g/mol. The summed E-state index contributed by atoms with van der Waals surface area (Å²) in [6.45, 7) is 0. The van der Waals surface area contributed by atoms with E-state index in [1.807, 2.05) is 0 Å². The monoisotopic (exact) mass is 164 g/mol. The quantitative estimate of drug-likeness (QED) is 0.295. The van der Waals surface area contributed by atoms with Gasteiger partial charge >= 0.3 is 7.25 Å². The van der Waals surface area contributed by atoms with Crippen LogP contribution in [0.5, 0.6) is 0 Å². The van der Waals surface area contributed by atoms with Crippen molar-refractivity contribution in [1.82, 2.24) is 0 Å². The molecule has 0 saturated heterocycles. The molecule has 5 N–H and O–H groups in total. The first-order valence-electron chi connectivity index (χ1n) is 1.72. The molecule has 0 unspecified atom stereocenters. The second kappa shape index (κ2) is 4.51. The van der Waals surface area contributed by atoms with E-state index < -0.39 is 7.25 Å². The van der Waals surface area contributed by atoms with Gasteiger partial charge in [0.05, 0.1) is 0 Å². The molecule has 0 aliphatic heterocycles. The highest BCUT2D eigenvalue weighted by Gasteiger charge is 2.20. The van der Waals surface area contributed by atoms with Gasteiger partial charge in [-0.1, -0.05) is 0 Å². The third-order valence-corrected chi connectivity index (χ3v) is 0. The molecule has 0 aliphatic carbocycles. The molecule has 8 heteroatoms. The Labute approximate surface area is 54.3 Å². The molecule has 0 fully saturated rings. The second-order valence-electron chi connectivity index (χ2n) is 0.961. The van der Waals surface area contributed by atoms with Crippen LogP contribution < -0.4 is 11.5 Å². The number of nitrogens with two attached hydrogens (primary N) is 1. The van der Waals surface area contributed by atoms with Gasteiger partial charge in [0.2, 0.25) is 0 Å². The molecule has 0 saturated carbocycles. The van der Waals surface area contributed by atoms with E-state index in [1.54, 1.807) is 0 Å².